The Hall–Kier alpha value is -0.0800. The fraction of sp³-hybridized carbons (Fsp3) is 1.00. The molecule has 0 radical (unpaired) electrons. The zero-order valence-corrected chi connectivity index (χ0v) is 12.0. The number of nitrogens with one attached hydrogen (secondary N) is 1. The van der Waals surface area contributed by atoms with Crippen LogP contribution in [0, 0.1) is 5.41 Å². The van der Waals surface area contributed by atoms with Crippen LogP contribution in [-0.4, -0.2) is 37.1 Å². The van der Waals surface area contributed by atoms with Gasteiger partial charge < -0.3 is 10.2 Å². The molecule has 17 heavy (non-hydrogen) atoms. The molecule has 2 nitrogen and oxygen atoms in total. The second-order valence-electron chi connectivity index (χ2n) is 7.03. The highest BCUT2D eigenvalue weighted by atomic mass is 15.1. The van der Waals surface area contributed by atoms with Crippen LogP contribution in [0.1, 0.15) is 58.8 Å². The molecule has 0 aliphatic heterocycles. The normalized spacial score (nSPS) is 23.3. The summed E-state index contributed by atoms with van der Waals surface area (Å²) in [6.45, 7) is 7.22. The molecule has 2 aliphatic carbocycles. The van der Waals surface area contributed by atoms with Crippen molar-refractivity contribution in [1.29, 1.82) is 0 Å². The molecule has 0 aromatic carbocycles. The van der Waals surface area contributed by atoms with E-state index < -0.39 is 0 Å². The van der Waals surface area contributed by atoms with Gasteiger partial charge in [0.1, 0.15) is 0 Å². The monoisotopic (exact) mass is 238 g/mol. The van der Waals surface area contributed by atoms with Crippen molar-refractivity contribution in [3.8, 4) is 0 Å². The van der Waals surface area contributed by atoms with E-state index in [0.717, 1.165) is 12.1 Å². The molecule has 2 fully saturated rings. The van der Waals surface area contributed by atoms with Crippen LogP contribution in [0.2, 0.25) is 0 Å². The van der Waals surface area contributed by atoms with Crippen LogP contribution in [0.4, 0.5) is 0 Å². The molecule has 2 heteroatoms. The van der Waals surface area contributed by atoms with Gasteiger partial charge in [-0.05, 0) is 38.1 Å². The molecule has 0 aromatic heterocycles. The minimum Gasteiger partial charge on any atom is -0.313 e. The Morgan fingerprint density at radius 2 is 1.71 bits per heavy atom. The van der Waals surface area contributed by atoms with Crippen LogP contribution >= 0.6 is 0 Å². The molecule has 0 aromatic rings. The van der Waals surface area contributed by atoms with Crippen LogP contribution in [0.5, 0.6) is 0 Å². The Kier molecular flexibility index (Phi) is 4.48. The van der Waals surface area contributed by atoms with Crippen LogP contribution in [0.25, 0.3) is 0 Å². The molecule has 1 N–H and O–H groups in total. The van der Waals surface area contributed by atoms with Gasteiger partial charge >= 0.3 is 0 Å². The first kappa shape index (κ1) is 13.4. The maximum atomic E-state index is 3.68. The van der Waals surface area contributed by atoms with Gasteiger partial charge in [-0.3, -0.25) is 0 Å². The van der Waals surface area contributed by atoms with Gasteiger partial charge in [0.15, 0.2) is 0 Å². The summed E-state index contributed by atoms with van der Waals surface area (Å²) in [5, 5.41) is 3.68. The topological polar surface area (TPSA) is 15.3 Å². The van der Waals surface area contributed by atoms with E-state index in [2.05, 4.69) is 31.1 Å². The van der Waals surface area contributed by atoms with Gasteiger partial charge in [0.25, 0.3) is 0 Å². The average molecular weight is 238 g/mol. The van der Waals surface area contributed by atoms with Crippen molar-refractivity contribution in [3.05, 3.63) is 0 Å². The number of hydrogen-bond acceptors (Lipinski definition) is 2. The summed E-state index contributed by atoms with van der Waals surface area (Å²) in [5.41, 5.74) is 0.411. The molecule has 0 spiro atoms. The van der Waals surface area contributed by atoms with E-state index in [4.69, 9.17) is 0 Å². The Morgan fingerprint density at radius 1 is 1.06 bits per heavy atom. The summed E-state index contributed by atoms with van der Waals surface area (Å²) in [5.74, 6) is 0. The lowest BCUT2D eigenvalue weighted by atomic mass is 9.89. The van der Waals surface area contributed by atoms with E-state index in [1.165, 1.54) is 58.0 Å². The van der Waals surface area contributed by atoms with Crippen LogP contribution in [0.3, 0.4) is 0 Å². The molecule has 2 aliphatic rings. The van der Waals surface area contributed by atoms with Crippen LogP contribution in [0.15, 0.2) is 0 Å². The molecule has 0 unspecified atom stereocenters. The van der Waals surface area contributed by atoms with Crippen molar-refractivity contribution < 1.29 is 0 Å². The lowest BCUT2D eigenvalue weighted by molar-refractivity contribution is 0.130. The van der Waals surface area contributed by atoms with E-state index in [1.54, 1.807) is 0 Å². The zero-order valence-electron chi connectivity index (χ0n) is 12.0. The second kappa shape index (κ2) is 5.71. The number of nitrogens with zero attached hydrogens (tertiary/aromatic N) is 1. The number of rotatable bonds is 6. The first-order valence-corrected chi connectivity index (χ1v) is 7.50. The molecule has 0 heterocycles. The van der Waals surface area contributed by atoms with E-state index >= 15 is 0 Å². The third kappa shape index (κ3) is 4.59. The predicted molar refractivity (Wildman–Crippen MR) is 74.3 cm³/mol. The first-order valence-electron chi connectivity index (χ1n) is 7.50. The predicted octanol–water partition coefficient (Wildman–Crippen LogP) is 3.03. The minimum atomic E-state index is 0.411. The van der Waals surface area contributed by atoms with Crippen molar-refractivity contribution in [3.63, 3.8) is 0 Å². The van der Waals surface area contributed by atoms with Crippen molar-refractivity contribution >= 4 is 0 Å². The zero-order chi connectivity index (χ0) is 12.3. The fourth-order valence-corrected chi connectivity index (χ4v) is 3.09. The van der Waals surface area contributed by atoms with Gasteiger partial charge in [0, 0.05) is 25.2 Å². The van der Waals surface area contributed by atoms with Gasteiger partial charge in [0.05, 0.1) is 0 Å². The maximum Gasteiger partial charge on any atom is 0.00924 e. The Labute approximate surface area is 107 Å². The Balaban J connectivity index is 1.72. The first-order chi connectivity index (χ1) is 8.07. The molecule has 2 saturated carbocycles. The molecule has 0 bridgehead atoms. The molecular formula is C15H30N2. The third-order valence-corrected chi connectivity index (χ3v) is 4.32. The largest absolute Gasteiger partial charge is 0.313 e. The standard InChI is InChI=1S/C15H30N2/c1-15(2,11-16-13-9-10-13)12-17(3)14-7-5-4-6-8-14/h13-14,16H,4-12H2,1-3H3. The van der Waals surface area contributed by atoms with Crippen LogP contribution < -0.4 is 5.32 Å². The SMILES string of the molecule is CN(CC(C)(C)CNC1CC1)C1CCCCC1. The highest BCUT2D eigenvalue weighted by molar-refractivity contribution is 4.86. The van der Waals surface area contributed by atoms with E-state index in [1.807, 2.05) is 0 Å². The summed E-state index contributed by atoms with van der Waals surface area (Å²) in [6, 6.07) is 1.69. The van der Waals surface area contributed by atoms with Crippen molar-refractivity contribution in [2.24, 2.45) is 5.41 Å². The molecular weight excluding hydrogens is 208 g/mol. The van der Waals surface area contributed by atoms with Gasteiger partial charge in [-0.1, -0.05) is 33.1 Å². The molecule has 0 amide bonds. The van der Waals surface area contributed by atoms with Crippen molar-refractivity contribution in [1.82, 2.24) is 10.2 Å². The van der Waals surface area contributed by atoms with E-state index in [0.29, 0.717) is 5.41 Å². The van der Waals surface area contributed by atoms with Gasteiger partial charge in [-0.15, -0.1) is 0 Å². The molecule has 100 valence electrons. The molecule has 2 rings (SSSR count). The smallest absolute Gasteiger partial charge is 0.00924 e. The van der Waals surface area contributed by atoms with E-state index in [9.17, 15) is 0 Å². The second-order valence-corrected chi connectivity index (χ2v) is 7.03. The van der Waals surface area contributed by atoms with E-state index in [-0.39, 0.29) is 0 Å². The summed E-state index contributed by atoms with van der Waals surface area (Å²) < 4.78 is 0. The number of hydrogen-bond donors (Lipinski definition) is 1. The maximum absolute atomic E-state index is 3.68. The third-order valence-electron chi connectivity index (χ3n) is 4.32. The highest BCUT2D eigenvalue weighted by Crippen LogP contribution is 2.26. The summed E-state index contributed by atoms with van der Waals surface area (Å²) in [7, 11) is 2.33. The Bertz CT molecular complexity index is 227. The van der Waals surface area contributed by atoms with Gasteiger partial charge in [0.2, 0.25) is 0 Å². The van der Waals surface area contributed by atoms with Crippen LogP contribution in [-0.2, 0) is 0 Å². The fourth-order valence-electron chi connectivity index (χ4n) is 3.09. The lowest BCUT2D eigenvalue weighted by Gasteiger charge is -2.37. The quantitative estimate of drug-likeness (QED) is 0.765. The summed E-state index contributed by atoms with van der Waals surface area (Å²) in [6.07, 6.45) is 9.97. The molecule has 0 saturated heterocycles. The van der Waals surface area contributed by atoms with Gasteiger partial charge in [-0.25, -0.2) is 0 Å². The summed E-state index contributed by atoms with van der Waals surface area (Å²) >= 11 is 0. The Morgan fingerprint density at radius 3 is 2.29 bits per heavy atom. The minimum absolute atomic E-state index is 0.411. The van der Waals surface area contributed by atoms with Crippen molar-refractivity contribution in [2.45, 2.75) is 70.9 Å². The summed E-state index contributed by atoms with van der Waals surface area (Å²) in [4.78, 5) is 2.62. The highest BCUT2D eigenvalue weighted by Gasteiger charge is 2.28. The average Bonchev–Trinajstić information content (AvgIpc) is 3.11. The molecule has 0 atom stereocenters. The lowest BCUT2D eigenvalue weighted by Crippen LogP contribution is -2.44. The van der Waals surface area contributed by atoms with Crippen molar-refractivity contribution in [2.75, 3.05) is 20.1 Å². The van der Waals surface area contributed by atoms with Gasteiger partial charge in [-0.2, -0.15) is 0 Å².